The second-order valence-electron chi connectivity index (χ2n) is 5.33. The van der Waals surface area contributed by atoms with E-state index in [0.717, 1.165) is 5.56 Å². The molecule has 0 bridgehead atoms. The summed E-state index contributed by atoms with van der Waals surface area (Å²) in [5.74, 6) is -0.425. The van der Waals surface area contributed by atoms with E-state index in [0.29, 0.717) is 19.5 Å². The molecule has 0 radical (unpaired) electrons. The minimum absolute atomic E-state index is 0.146. The van der Waals surface area contributed by atoms with Gasteiger partial charge in [0.2, 0.25) is 0 Å². The van der Waals surface area contributed by atoms with E-state index in [9.17, 15) is 14.3 Å². The Morgan fingerprint density at radius 1 is 1.50 bits per heavy atom. The third-order valence-electron chi connectivity index (χ3n) is 3.80. The molecular weight excluding hydrogens is 261 g/mol. The van der Waals surface area contributed by atoms with E-state index in [4.69, 9.17) is 4.74 Å². The Hall–Kier alpha value is -1.46. The van der Waals surface area contributed by atoms with Crippen LogP contribution in [0, 0.1) is 5.82 Å². The van der Waals surface area contributed by atoms with E-state index in [-0.39, 0.29) is 17.7 Å². The largest absolute Gasteiger partial charge is 0.468 e. The first-order valence-electron chi connectivity index (χ1n) is 6.76. The topological polar surface area (TPSA) is 49.8 Å². The summed E-state index contributed by atoms with van der Waals surface area (Å²) < 4.78 is 17.7. The molecule has 1 heterocycles. The van der Waals surface area contributed by atoms with Crippen LogP contribution in [0.25, 0.3) is 0 Å². The van der Waals surface area contributed by atoms with Crippen LogP contribution in [0.15, 0.2) is 24.3 Å². The fraction of sp³-hybridized carbons (Fsp3) is 0.533. The van der Waals surface area contributed by atoms with Crippen molar-refractivity contribution in [3.63, 3.8) is 0 Å². The average molecular weight is 281 g/mol. The third kappa shape index (κ3) is 3.35. The molecule has 0 aliphatic carbocycles. The Balaban J connectivity index is 2.03. The van der Waals surface area contributed by atoms with Crippen LogP contribution in [0.3, 0.4) is 0 Å². The molecule has 1 aliphatic heterocycles. The van der Waals surface area contributed by atoms with E-state index in [1.54, 1.807) is 12.1 Å². The molecular formula is C15H20FNO3. The number of rotatable bonds is 4. The summed E-state index contributed by atoms with van der Waals surface area (Å²) in [6.45, 7) is 3.11. The zero-order chi connectivity index (χ0) is 14.7. The van der Waals surface area contributed by atoms with Gasteiger partial charge in [0, 0.05) is 19.5 Å². The summed E-state index contributed by atoms with van der Waals surface area (Å²) in [7, 11) is 1.36. The van der Waals surface area contributed by atoms with Crippen molar-refractivity contribution in [1.82, 2.24) is 4.90 Å². The standard InChI is InChI=1S/C15H20FNO3/c1-10(11-3-5-12(16)6-4-11)8-17-9-13(18)7-14(17)15(19)20-2/h3-6,10,13-14,18H,7-9H2,1-2H3/t10-,13+,14+/m1/s1. The van der Waals surface area contributed by atoms with Gasteiger partial charge in [0.1, 0.15) is 11.9 Å². The summed E-state index contributed by atoms with van der Waals surface area (Å²) in [6, 6.07) is 5.97. The van der Waals surface area contributed by atoms with Crippen molar-refractivity contribution in [3.05, 3.63) is 35.6 Å². The van der Waals surface area contributed by atoms with E-state index in [1.807, 2.05) is 11.8 Å². The molecule has 110 valence electrons. The van der Waals surface area contributed by atoms with Gasteiger partial charge >= 0.3 is 5.97 Å². The number of likely N-dealkylation sites (tertiary alicyclic amines) is 1. The number of benzene rings is 1. The zero-order valence-corrected chi connectivity index (χ0v) is 11.8. The van der Waals surface area contributed by atoms with Crippen LogP contribution >= 0.6 is 0 Å². The van der Waals surface area contributed by atoms with Crippen LogP contribution in [0.2, 0.25) is 0 Å². The number of aliphatic hydroxyl groups excluding tert-OH is 1. The fourth-order valence-corrected chi connectivity index (χ4v) is 2.71. The molecule has 5 heteroatoms. The van der Waals surface area contributed by atoms with Gasteiger partial charge in [0.25, 0.3) is 0 Å². The highest BCUT2D eigenvalue weighted by atomic mass is 19.1. The Morgan fingerprint density at radius 3 is 2.75 bits per heavy atom. The van der Waals surface area contributed by atoms with E-state index >= 15 is 0 Å². The van der Waals surface area contributed by atoms with Crippen molar-refractivity contribution in [1.29, 1.82) is 0 Å². The molecule has 0 amide bonds. The van der Waals surface area contributed by atoms with Gasteiger partial charge in [0.15, 0.2) is 0 Å². The molecule has 0 unspecified atom stereocenters. The molecule has 0 saturated carbocycles. The quantitative estimate of drug-likeness (QED) is 0.851. The first-order chi connectivity index (χ1) is 9.51. The predicted octanol–water partition coefficient (Wildman–Crippen LogP) is 1.54. The molecule has 4 nitrogen and oxygen atoms in total. The van der Waals surface area contributed by atoms with Crippen LogP contribution in [-0.2, 0) is 9.53 Å². The zero-order valence-electron chi connectivity index (χ0n) is 11.8. The molecule has 2 rings (SSSR count). The summed E-state index contributed by atoms with van der Waals surface area (Å²) >= 11 is 0. The summed E-state index contributed by atoms with van der Waals surface area (Å²) in [5.41, 5.74) is 1.01. The lowest BCUT2D eigenvalue weighted by molar-refractivity contribution is -0.145. The first kappa shape index (κ1) is 14.9. The normalized spacial score (nSPS) is 24.6. The van der Waals surface area contributed by atoms with Crippen LogP contribution in [0.4, 0.5) is 4.39 Å². The van der Waals surface area contributed by atoms with E-state index in [1.165, 1.54) is 19.2 Å². The van der Waals surface area contributed by atoms with Gasteiger partial charge in [-0.3, -0.25) is 9.69 Å². The Morgan fingerprint density at radius 2 is 2.15 bits per heavy atom. The van der Waals surface area contributed by atoms with Crippen molar-refractivity contribution < 1.29 is 19.0 Å². The number of aliphatic hydroxyl groups is 1. The molecule has 1 aliphatic rings. The molecule has 1 saturated heterocycles. The minimum Gasteiger partial charge on any atom is -0.468 e. The highest BCUT2D eigenvalue weighted by molar-refractivity contribution is 5.76. The summed E-state index contributed by atoms with van der Waals surface area (Å²) in [5, 5.41) is 9.74. The van der Waals surface area contributed by atoms with Gasteiger partial charge in [-0.15, -0.1) is 0 Å². The minimum atomic E-state index is -0.500. The lowest BCUT2D eigenvalue weighted by Crippen LogP contribution is -2.39. The number of carbonyl (C=O) groups excluding carboxylic acids is 1. The Bertz CT molecular complexity index is 463. The molecule has 0 aromatic heterocycles. The fourth-order valence-electron chi connectivity index (χ4n) is 2.71. The molecule has 0 spiro atoms. The number of esters is 1. The van der Waals surface area contributed by atoms with Gasteiger partial charge in [0.05, 0.1) is 13.2 Å². The van der Waals surface area contributed by atoms with Crippen molar-refractivity contribution in [2.45, 2.75) is 31.4 Å². The van der Waals surface area contributed by atoms with Gasteiger partial charge < -0.3 is 9.84 Å². The molecule has 1 N–H and O–H groups in total. The Kier molecular flexibility index (Phi) is 4.73. The predicted molar refractivity (Wildman–Crippen MR) is 72.8 cm³/mol. The maximum atomic E-state index is 12.9. The number of β-amino-alcohol motifs (C(OH)–C–C–N with tert-alkyl or cyclic N) is 1. The number of carbonyl (C=O) groups is 1. The molecule has 20 heavy (non-hydrogen) atoms. The SMILES string of the molecule is COC(=O)[C@@H]1C[C@H](O)CN1C[C@@H](C)c1ccc(F)cc1. The maximum absolute atomic E-state index is 12.9. The monoisotopic (exact) mass is 281 g/mol. The van der Waals surface area contributed by atoms with Crippen LogP contribution in [-0.4, -0.2) is 48.3 Å². The highest BCUT2D eigenvalue weighted by Crippen LogP contribution is 2.24. The van der Waals surface area contributed by atoms with Crippen molar-refractivity contribution >= 4 is 5.97 Å². The number of ether oxygens (including phenoxy) is 1. The molecule has 3 atom stereocenters. The van der Waals surface area contributed by atoms with Crippen LogP contribution in [0.1, 0.15) is 24.8 Å². The second-order valence-corrected chi connectivity index (χ2v) is 5.33. The smallest absolute Gasteiger partial charge is 0.323 e. The van der Waals surface area contributed by atoms with Gasteiger partial charge in [-0.1, -0.05) is 19.1 Å². The number of hydrogen-bond donors (Lipinski definition) is 1. The third-order valence-corrected chi connectivity index (χ3v) is 3.80. The molecule has 1 aromatic carbocycles. The van der Waals surface area contributed by atoms with E-state index in [2.05, 4.69) is 0 Å². The van der Waals surface area contributed by atoms with E-state index < -0.39 is 12.1 Å². The van der Waals surface area contributed by atoms with Crippen molar-refractivity contribution in [3.8, 4) is 0 Å². The highest BCUT2D eigenvalue weighted by Gasteiger charge is 2.37. The van der Waals surface area contributed by atoms with Gasteiger partial charge in [-0.2, -0.15) is 0 Å². The Labute approximate surface area is 118 Å². The number of hydrogen-bond acceptors (Lipinski definition) is 4. The first-order valence-corrected chi connectivity index (χ1v) is 6.76. The second kappa shape index (κ2) is 6.33. The van der Waals surface area contributed by atoms with Crippen LogP contribution in [0.5, 0.6) is 0 Å². The van der Waals surface area contributed by atoms with Gasteiger partial charge in [-0.25, -0.2) is 4.39 Å². The lowest BCUT2D eigenvalue weighted by Gasteiger charge is -2.25. The lowest BCUT2D eigenvalue weighted by atomic mass is 10.0. The number of nitrogens with zero attached hydrogens (tertiary/aromatic N) is 1. The summed E-state index contributed by atoms with van der Waals surface area (Å²) in [4.78, 5) is 13.6. The number of methoxy groups -OCH3 is 1. The average Bonchev–Trinajstić information content (AvgIpc) is 2.79. The van der Waals surface area contributed by atoms with Crippen molar-refractivity contribution in [2.75, 3.05) is 20.2 Å². The van der Waals surface area contributed by atoms with Gasteiger partial charge in [-0.05, 0) is 23.6 Å². The van der Waals surface area contributed by atoms with Crippen molar-refractivity contribution in [2.24, 2.45) is 0 Å². The summed E-state index contributed by atoms with van der Waals surface area (Å²) in [6.07, 6.45) is -0.0949. The number of halogens is 1. The molecule has 1 fully saturated rings. The molecule has 1 aromatic rings. The maximum Gasteiger partial charge on any atom is 0.323 e. The van der Waals surface area contributed by atoms with Crippen LogP contribution < -0.4 is 0 Å².